The summed E-state index contributed by atoms with van der Waals surface area (Å²) in [6.45, 7) is 8.92. The van der Waals surface area contributed by atoms with E-state index in [4.69, 9.17) is 0 Å². The summed E-state index contributed by atoms with van der Waals surface area (Å²) in [5.74, 6) is 0. The van der Waals surface area contributed by atoms with E-state index < -0.39 is 0 Å². The van der Waals surface area contributed by atoms with E-state index in [1.165, 1.54) is 71.2 Å². The highest BCUT2D eigenvalue weighted by Gasteiger charge is 2.36. The average molecular weight is 251 g/mol. The summed E-state index contributed by atoms with van der Waals surface area (Å²) in [5, 5.41) is 3.87. The summed E-state index contributed by atoms with van der Waals surface area (Å²) < 4.78 is 0. The second-order valence-electron chi connectivity index (χ2n) is 6.49. The van der Waals surface area contributed by atoms with Crippen LogP contribution in [0, 0.1) is 0 Å². The van der Waals surface area contributed by atoms with Crippen LogP contribution in [-0.4, -0.2) is 60.6 Å². The van der Waals surface area contributed by atoms with Crippen LogP contribution in [0.4, 0.5) is 0 Å². The number of nitrogens with zero attached hydrogens (tertiary/aromatic N) is 2. The summed E-state index contributed by atoms with van der Waals surface area (Å²) >= 11 is 0. The van der Waals surface area contributed by atoms with Crippen molar-refractivity contribution in [3.05, 3.63) is 0 Å². The van der Waals surface area contributed by atoms with Crippen LogP contribution in [0.1, 0.15) is 45.4 Å². The molecule has 3 saturated heterocycles. The SMILES string of the molecule is CC(CNC1CCN2CCCC12)N1CCCCC1. The molecule has 0 aromatic carbocycles. The molecule has 3 nitrogen and oxygen atoms in total. The van der Waals surface area contributed by atoms with Crippen molar-refractivity contribution in [3.8, 4) is 0 Å². The molecule has 3 unspecified atom stereocenters. The lowest BCUT2D eigenvalue weighted by Crippen LogP contribution is -2.47. The van der Waals surface area contributed by atoms with Gasteiger partial charge >= 0.3 is 0 Å². The quantitative estimate of drug-likeness (QED) is 0.820. The number of nitrogens with one attached hydrogen (secondary N) is 1. The minimum atomic E-state index is 0.723. The predicted octanol–water partition coefficient (Wildman–Crippen LogP) is 1.69. The molecule has 3 rings (SSSR count). The number of hydrogen-bond donors (Lipinski definition) is 1. The zero-order valence-electron chi connectivity index (χ0n) is 11.9. The zero-order valence-corrected chi connectivity index (χ0v) is 11.9. The van der Waals surface area contributed by atoms with Crippen LogP contribution in [0.25, 0.3) is 0 Å². The van der Waals surface area contributed by atoms with Gasteiger partial charge < -0.3 is 5.32 Å². The monoisotopic (exact) mass is 251 g/mol. The first kappa shape index (κ1) is 12.9. The maximum Gasteiger partial charge on any atom is 0.0250 e. The van der Waals surface area contributed by atoms with E-state index in [1.54, 1.807) is 0 Å². The van der Waals surface area contributed by atoms with Gasteiger partial charge in [0.05, 0.1) is 0 Å². The van der Waals surface area contributed by atoms with Gasteiger partial charge in [0.15, 0.2) is 0 Å². The second-order valence-corrected chi connectivity index (χ2v) is 6.49. The Kier molecular flexibility index (Phi) is 4.22. The molecule has 0 amide bonds. The summed E-state index contributed by atoms with van der Waals surface area (Å²) in [4.78, 5) is 5.38. The van der Waals surface area contributed by atoms with E-state index in [0.29, 0.717) is 0 Å². The van der Waals surface area contributed by atoms with E-state index >= 15 is 0 Å². The summed E-state index contributed by atoms with van der Waals surface area (Å²) in [6, 6.07) is 2.36. The van der Waals surface area contributed by atoms with Crippen molar-refractivity contribution < 1.29 is 0 Å². The minimum Gasteiger partial charge on any atom is -0.311 e. The maximum atomic E-state index is 3.87. The molecule has 3 atom stereocenters. The van der Waals surface area contributed by atoms with Crippen molar-refractivity contribution in [1.82, 2.24) is 15.1 Å². The third kappa shape index (κ3) is 2.73. The zero-order chi connectivity index (χ0) is 12.4. The minimum absolute atomic E-state index is 0.723. The number of likely N-dealkylation sites (tertiary alicyclic amines) is 1. The van der Waals surface area contributed by atoms with E-state index in [-0.39, 0.29) is 0 Å². The highest BCUT2D eigenvalue weighted by molar-refractivity contribution is 4.96. The Morgan fingerprint density at radius 1 is 1.00 bits per heavy atom. The fraction of sp³-hybridized carbons (Fsp3) is 1.00. The van der Waals surface area contributed by atoms with Gasteiger partial charge in [-0.05, 0) is 58.7 Å². The molecule has 0 radical (unpaired) electrons. The Morgan fingerprint density at radius 2 is 1.83 bits per heavy atom. The number of piperidine rings is 1. The lowest BCUT2D eigenvalue weighted by Gasteiger charge is -2.33. The largest absolute Gasteiger partial charge is 0.311 e. The summed E-state index contributed by atoms with van der Waals surface area (Å²) in [6.07, 6.45) is 8.47. The molecule has 0 aliphatic carbocycles. The van der Waals surface area contributed by atoms with E-state index in [1.807, 2.05) is 0 Å². The molecular weight excluding hydrogens is 222 g/mol. The highest BCUT2D eigenvalue weighted by atomic mass is 15.2. The molecule has 3 fully saturated rings. The van der Waals surface area contributed by atoms with Crippen LogP contribution in [0.15, 0.2) is 0 Å². The fourth-order valence-electron chi connectivity index (χ4n) is 4.13. The Labute approximate surface area is 112 Å². The van der Waals surface area contributed by atoms with Crippen LogP contribution >= 0.6 is 0 Å². The van der Waals surface area contributed by atoms with Crippen LogP contribution in [0.2, 0.25) is 0 Å². The van der Waals surface area contributed by atoms with Crippen molar-refractivity contribution in [2.75, 3.05) is 32.7 Å². The fourth-order valence-corrected chi connectivity index (χ4v) is 4.13. The average Bonchev–Trinajstić information content (AvgIpc) is 3.00. The van der Waals surface area contributed by atoms with E-state index in [0.717, 1.165) is 18.1 Å². The van der Waals surface area contributed by atoms with Gasteiger partial charge in [0.1, 0.15) is 0 Å². The first-order valence-corrected chi connectivity index (χ1v) is 8.06. The molecule has 3 heterocycles. The maximum absolute atomic E-state index is 3.87. The first-order chi connectivity index (χ1) is 8.84. The first-order valence-electron chi connectivity index (χ1n) is 8.06. The van der Waals surface area contributed by atoms with Gasteiger partial charge in [0.2, 0.25) is 0 Å². The highest BCUT2D eigenvalue weighted by Crippen LogP contribution is 2.27. The third-order valence-corrected chi connectivity index (χ3v) is 5.30. The van der Waals surface area contributed by atoms with Gasteiger partial charge in [-0.1, -0.05) is 6.42 Å². The molecule has 0 aromatic heterocycles. The normalized spacial score (nSPS) is 35.8. The molecule has 0 aromatic rings. The molecule has 1 N–H and O–H groups in total. The lowest BCUT2D eigenvalue weighted by molar-refractivity contribution is 0.165. The standard InChI is InChI=1S/C15H29N3/c1-13(17-8-3-2-4-9-17)12-16-14-7-11-18-10-5-6-15(14)18/h13-16H,2-12H2,1H3. The van der Waals surface area contributed by atoms with Gasteiger partial charge in [0.25, 0.3) is 0 Å². The molecule has 3 aliphatic rings. The molecule has 104 valence electrons. The molecule has 0 bridgehead atoms. The third-order valence-electron chi connectivity index (χ3n) is 5.30. The molecule has 18 heavy (non-hydrogen) atoms. The van der Waals surface area contributed by atoms with Gasteiger partial charge in [-0.2, -0.15) is 0 Å². The summed E-state index contributed by atoms with van der Waals surface area (Å²) in [7, 11) is 0. The molecule has 0 saturated carbocycles. The van der Waals surface area contributed by atoms with Gasteiger partial charge in [-0.3, -0.25) is 9.80 Å². The van der Waals surface area contributed by atoms with Gasteiger partial charge in [-0.25, -0.2) is 0 Å². The topological polar surface area (TPSA) is 18.5 Å². The van der Waals surface area contributed by atoms with Crippen molar-refractivity contribution in [2.45, 2.75) is 63.6 Å². The van der Waals surface area contributed by atoms with Gasteiger partial charge in [0, 0.05) is 31.2 Å². The number of rotatable bonds is 4. The van der Waals surface area contributed by atoms with Crippen LogP contribution in [0.5, 0.6) is 0 Å². The Hall–Kier alpha value is -0.120. The molecular formula is C15H29N3. The Morgan fingerprint density at radius 3 is 2.67 bits per heavy atom. The van der Waals surface area contributed by atoms with Crippen molar-refractivity contribution in [3.63, 3.8) is 0 Å². The number of fused-ring (bicyclic) bond motifs is 1. The van der Waals surface area contributed by atoms with Crippen LogP contribution in [0.3, 0.4) is 0 Å². The lowest BCUT2D eigenvalue weighted by atomic mass is 10.1. The van der Waals surface area contributed by atoms with Gasteiger partial charge in [-0.15, -0.1) is 0 Å². The summed E-state index contributed by atoms with van der Waals surface area (Å²) in [5.41, 5.74) is 0. The van der Waals surface area contributed by atoms with Crippen LogP contribution < -0.4 is 5.32 Å². The second kappa shape index (κ2) is 5.89. The van der Waals surface area contributed by atoms with Crippen molar-refractivity contribution >= 4 is 0 Å². The number of hydrogen-bond acceptors (Lipinski definition) is 3. The van der Waals surface area contributed by atoms with E-state index in [9.17, 15) is 0 Å². The Balaban J connectivity index is 1.43. The van der Waals surface area contributed by atoms with E-state index in [2.05, 4.69) is 22.0 Å². The molecule has 3 aliphatic heterocycles. The van der Waals surface area contributed by atoms with Crippen molar-refractivity contribution in [1.29, 1.82) is 0 Å². The Bertz CT molecular complexity index is 262. The molecule has 3 heteroatoms. The molecule has 0 spiro atoms. The van der Waals surface area contributed by atoms with Crippen molar-refractivity contribution in [2.24, 2.45) is 0 Å². The predicted molar refractivity (Wildman–Crippen MR) is 75.9 cm³/mol. The van der Waals surface area contributed by atoms with Crippen LogP contribution in [-0.2, 0) is 0 Å². The smallest absolute Gasteiger partial charge is 0.0250 e.